The van der Waals surface area contributed by atoms with Gasteiger partial charge in [0.1, 0.15) is 0 Å². The third-order valence-corrected chi connectivity index (χ3v) is 3.80. The minimum absolute atomic E-state index is 0.0524. The average molecular weight is 233 g/mol. The van der Waals surface area contributed by atoms with E-state index < -0.39 is 0 Å². The van der Waals surface area contributed by atoms with Crippen LogP contribution in [0.25, 0.3) is 0 Å². The molecule has 0 saturated heterocycles. The molecule has 0 aliphatic heterocycles. The van der Waals surface area contributed by atoms with Gasteiger partial charge in [-0.2, -0.15) is 0 Å². The molecule has 1 saturated carbocycles. The minimum atomic E-state index is -0.0524. The van der Waals surface area contributed by atoms with E-state index >= 15 is 0 Å². The Kier molecular flexibility index (Phi) is 4.19. The normalized spacial score (nSPS) is 19.2. The van der Waals surface area contributed by atoms with Gasteiger partial charge in [-0.3, -0.25) is 0 Å². The van der Waals surface area contributed by atoms with Crippen molar-refractivity contribution < 1.29 is 4.74 Å². The summed E-state index contributed by atoms with van der Waals surface area (Å²) in [6, 6.07) is 8.55. The van der Waals surface area contributed by atoms with Gasteiger partial charge in [-0.25, -0.2) is 0 Å². The third kappa shape index (κ3) is 3.30. The summed E-state index contributed by atoms with van der Waals surface area (Å²) in [4.78, 5) is 0. The Balaban J connectivity index is 1.93. The fourth-order valence-corrected chi connectivity index (χ4v) is 2.52. The molecule has 1 aromatic carbocycles. The molecule has 2 heteroatoms. The van der Waals surface area contributed by atoms with E-state index in [2.05, 4.69) is 31.2 Å². The van der Waals surface area contributed by atoms with Gasteiger partial charge >= 0.3 is 0 Å². The van der Waals surface area contributed by atoms with Gasteiger partial charge in [-0.15, -0.1) is 0 Å². The van der Waals surface area contributed by atoms with Crippen molar-refractivity contribution in [1.29, 1.82) is 0 Å². The summed E-state index contributed by atoms with van der Waals surface area (Å²) in [6.07, 6.45) is 6.08. The molecule has 0 heterocycles. The predicted octanol–water partition coefficient (Wildman–Crippen LogP) is 3.17. The maximum absolute atomic E-state index is 6.12. The molecule has 0 aromatic heterocycles. The average Bonchev–Trinajstić information content (AvgIpc) is 2.39. The van der Waals surface area contributed by atoms with E-state index in [9.17, 15) is 0 Å². The van der Waals surface area contributed by atoms with Crippen molar-refractivity contribution in [3.05, 3.63) is 35.4 Å². The lowest BCUT2D eigenvalue weighted by Crippen LogP contribution is -2.42. The van der Waals surface area contributed by atoms with Crippen molar-refractivity contribution in [2.45, 2.75) is 51.2 Å². The molecular formula is C15H23NO. The van der Waals surface area contributed by atoms with E-state index in [-0.39, 0.29) is 5.60 Å². The van der Waals surface area contributed by atoms with Crippen LogP contribution >= 0.6 is 0 Å². The number of hydrogen-bond acceptors (Lipinski definition) is 2. The summed E-state index contributed by atoms with van der Waals surface area (Å²) in [5.41, 5.74) is 8.39. The molecule has 1 aromatic rings. The lowest BCUT2D eigenvalue weighted by molar-refractivity contribution is -0.0733. The maximum atomic E-state index is 6.12. The van der Waals surface area contributed by atoms with Crippen molar-refractivity contribution in [1.82, 2.24) is 0 Å². The first-order chi connectivity index (χ1) is 8.24. The first-order valence-corrected chi connectivity index (χ1v) is 6.64. The zero-order chi connectivity index (χ0) is 12.1. The molecule has 2 nitrogen and oxygen atoms in total. The topological polar surface area (TPSA) is 35.2 Å². The van der Waals surface area contributed by atoms with E-state index in [1.807, 2.05) is 0 Å². The Hall–Kier alpha value is -0.860. The molecule has 1 fully saturated rings. The highest BCUT2D eigenvalue weighted by Crippen LogP contribution is 2.31. The second kappa shape index (κ2) is 5.65. The minimum Gasteiger partial charge on any atom is -0.369 e. The second-order valence-corrected chi connectivity index (χ2v) is 5.22. The Morgan fingerprint density at radius 3 is 2.35 bits per heavy atom. The molecule has 17 heavy (non-hydrogen) atoms. The van der Waals surface area contributed by atoms with Gasteiger partial charge in [-0.1, -0.05) is 49.1 Å². The fraction of sp³-hybridized carbons (Fsp3) is 0.600. The summed E-state index contributed by atoms with van der Waals surface area (Å²) in [7, 11) is 0. The van der Waals surface area contributed by atoms with Crippen LogP contribution in [0.1, 0.15) is 43.2 Å². The Morgan fingerprint density at radius 2 is 1.76 bits per heavy atom. The summed E-state index contributed by atoms with van der Waals surface area (Å²) in [5, 5.41) is 0. The second-order valence-electron chi connectivity index (χ2n) is 5.22. The van der Waals surface area contributed by atoms with Crippen molar-refractivity contribution in [3.8, 4) is 0 Å². The number of benzene rings is 1. The summed E-state index contributed by atoms with van der Waals surface area (Å²) in [5.74, 6) is 0. The number of hydrogen-bond donors (Lipinski definition) is 1. The van der Waals surface area contributed by atoms with Gasteiger partial charge in [0, 0.05) is 6.54 Å². The highest BCUT2D eigenvalue weighted by atomic mass is 16.5. The van der Waals surface area contributed by atoms with Gasteiger partial charge in [0.05, 0.1) is 12.2 Å². The maximum Gasteiger partial charge on any atom is 0.0808 e. The van der Waals surface area contributed by atoms with Gasteiger partial charge in [0.15, 0.2) is 0 Å². The highest BCUT2D eigenvalue weighted by Gasteiger charge is 2.31. The van der Waals surface area contributed by atoms with Crippen LogP contribution in [0.4, 0.5) is 0 Å². The van der Waals surface area contributed by atoms with E-state index in [1.165, 1.54) is 30.4 Å². The lowest BCUT2D eigenvalue weighted by atomic mass is 9.84. The van der Waals surface area contributed by atoms with Crippen molar-refractivity contribution in [2.75, 3.05) is 6.54 Å². The molecule has 2 rings (SSSR count). The van der Waals surface area contributed by atoms with Crippen LogP contribution < -0.4 is 5.73 Å². The van der Waals surface area contributed by atoms with E-state index in [0.29, 0.717) is 13.2 Å². The Bertz CT molecular complexity index is 338. The monoisotopic (exact) mass is 233 g/mol. The fourth-order valence-electron chi connectivity index (χ4n) is 2.52. The highest BCUT2D eigenvalue weighted by molar-refractivity contribution is 5.20. The largest absolute Gasteiger partial charge is 0.369 e. The predicted molar refractivity (Wildman–Crippen MR) is 70.8 cm³/mol. The number of nitrogens with two attached hydrogens (primary N) is 1. The Morgan fingerprint density at radius 1 is 1.12 bits per heavy atom. The van der Waals surface area contributed by atoms with Crippen LogP contribution in [0.5, 0.6) is 0 Å². The number of ether oxygens (including phenoxy) is 1. The lowest BCUT2D eigenvalue weighted by Gasteiger charge is -2.36. The standard InChI is InChI=1S/C15H23NO/c1-13-5-7-14(8-6-13)11-17-15(12-16)9-3-2-4-10-15/h5-8H,2-4,9-12,16H2,1H3. The van der Waals surface area contributed by atoms with E-state index in [0.717, 1.165) is 12.8 Å². The van der Waals surface area contributed by atoms with Crippen LogP contribution in [0.15, 0.2) is 24.3 Å². The Labute approximate surface area is 104 Å². The summed E-state index contributed by atoms with van der Waals surface area (Å²) >= 11 is 0. The molecule has 2 N–H and O–H groups in total. The molecule has 0 amide bonds. The van der Waals surface area contributed by atoms with E-state index in [1.54, 1.807) is 0 Å². The zero-order valence-corrected chi connectivity index (χ0v) is 10.7. The molecule has 0 spiro atoms. The van der Waals surface area contributed by atoms with Crippen LogP contribution in [0.3, 0.4) is 0 Å². The smallest absolute Gasteiger partial charge is 0.0808 e. The molecule has 0 bridgehead atoms. The molecule has 0 radical (unpaired) electrons. The first kappa shape index (κ1) is 12.6. The van der Waals surface area contributed by atoms with Crippen molar-refractivity contribution in [3.63, 3.8) is 0 Å². The van der Waals surface area contributed by atoms with E-state index in [4.69, 9.17) is 10.5 Å². The third-order valence-electron chi connectivity index (χ3n) is 3.80. The molecule has 94 valence electrons. The van der Waals surface area contributed by atoms with Crippen molar-refractivity contribution in [2.24, 2.45) is 5.73 Å². The number of aryl methyl sites for hydroxylation is 1. The quantitative estimate of drug-likeness (QED) is 0.867. The summed E-state index contributed by atoms with van der Waals surface area (Å²) in [6.45, 7) is 3.45. The van der Waals surface area contributed by atoms with Gasteiger partial charge in [0.2, 0.25) is 0 Å². The molecule has 1 aliphatic rings. The molecule has 0 unspecified atom stereocenters. The molecule has 0 atom stereocenters. The summed E-state index contributed by atoms with van der Waals surface area (Å²) < 4.78 is 6.12. The van der Waals surface area contributed by atoms with Gasteiger partial charge in [0.25, 0.3) is 0 Å². The van der Waals surface area contributed by atoms with Crippen LogP contribution in [0, 0.1) is 6.92 Å². The van der Waals surface area contributed by atoms with Crippen molar-refractivity contribution >= 4 is 0 Å². The first-order valence-electron chi connectivity index (χ1n) is 6.64. The number of rotatable bonds is 4. The van der Waals surface area contributed by atoms with Gasteiger partial charge < -0.3 is 10.5 Å². The SMILES string of the molecule is Cc1ccc(COC2(CN)CCCCC2)cc1. The van der Waals surface area contributed by atoms with Crippen LogP contribution in [0.2, 0.25) is 0 Å². The molecule has 1 aliphatic carbocycles. The van der Waals surface area contributed by atoms with Crippen LogP contribution in [-0.2, 0) is 11.3 Å². The van der Waals surface area contributed by atoms with Gasteiger partial charge in [-0.05, 0) is 25.3 Å². The zero-order valence-electron chi connectivity index (χ0n) is 10.7. The molecular weight excluding hydrogens is 210 g/mol. The van der Waals surface area contributed by atoms with Crippen LogP contribution in [-0.4, -0.2) is 12.1 Å².